The topological polar surface area (TPSA) is 58.6 Å². The molecular formula is C15H22N2O3S. The first-order valence-electron chi connectivity index (χ1n) is 7.25. The molecule has 0 radical (unpaired) electrons. The van der Waals surface area contributed by atoms with Crippen molar-refractivity contribution >= 4 is 23.6 Å². The van der Waals surface area contributed by atoms with Crippen LogP contribution < -0.4 is 5.32 Å². The first kappa shape index (κ1) is 15.9. The quantitative estimate of drug-likeness (QED) is 0.620. The highest BCUT2D eigenvalue weighted by molar-refractivity contribution is 8.03. The van der Waals surface area contributed by atoms with Crippen molar-refractivity contribution in [1.29, 1.82) is 0 Å². The molecule has 5 nitrogen and oxygen atoms in total. The van der Waals surface area contributed by atoms with Gasteiger partial charge in [-0.25, -0.2) is 4.79 Å². The summed E-state index contributed by atoms with van der Waals surface area (Å²) in [5.41, 5.74) is 1.71. The van der Waals surface area contributed by atoms with Crippen LogP contribution in [0.5, 0.6) is 0 Å². The number of carbonyl (C=O) groups is 2. The van der Waals surface area contributed by atoms with Crippen molar-refractivity contribution in [2.45, 2.75) is 26.7 Å². The molecule has 2 aliphatic rings. The predicted octanol–water partition coefficient (Wildman–Crippen LogP) is 1.87. The molecule has 0 saturated carbocycles. The van der Waals surface area contributed by atoms with Gasteiger partial charge in [0.25, 0.3) is 0 Å². The van der Waals surface area contributed by atoms with E-state index in [1.807, 2.05) is 0 Å². The first-order valence-corrected chi connectivity index (χ1v) is 8.24. The lowest BCUT2D eigenvalue weighted by Gasteiger charge is -2.14. The molecule has 2 heterocycles. The van der Waals surface area contributed by atoms with E-state index in [4.69, 9.17) is 4.74 Å². The molecule has 1 saturated heterocycles. The molecule has 2 aliphatic heterocycles. The van der Waals surface area contributed by atoms with Crippen LogP contribution in [-0.2, 0) is 14.3 Å². The second-order valence-electron chi connectivity index (χ2n) is 5.54. The SMILES string of the molecule is CNC(=O)/C=C1\CSC2=C(C(=O)OCCC(C)C)CCN21. The minimum atomic E-state index is -0.207. The zero-order valence-corrected chi connectivity index (χ0v) is 13.6. The van der Waals surface area contributed by atoms with E-state index in [0.717, 1.165) is 35.0 Å². The van der Waals surface area contributed by atoms with Crippen LogP contribution in [0.1, 0.15) is 26.7 Å². The first-order chi connectivity index (χ1) is 10.0. The number of nitrogens with one attached hydrogen (secondary N) is 1. The number of hydrogen-bond donors (Lipinski definition) is 1. The standard InChI is InChI=1S/C15H22N2O3S/c1-10(2)5-7-20-15(19)12-4-6-17-11(8-13(18)16-3)9-21-14(12)17/h8,10H,4-7,9H2,1-3H3,(H,16,18)/b11-8+. The number of nitrogens with zero attached hydrogens (tertiary/aromatic N) is 1. The zero-order chi connectivity index (χ0) is 15.4. The summed E-state index contributed by atoms with van der Waals surface area (Å²) in [7, 11) is 1.61. The van der Waals surface area contributed by atoms with E-state index in [1.54, 1.807) is 24.9 Å². The van der Waals surface area contributed by atoms with Gasteiger partial charge in [0, 0.05) is 37.5 Å². The number of rotatable bonds is 5. The van der Waals surface area contributed by atoms with Crippen LogP contribution in [0.15, 0.2) is 22.4 Å². The van der Waals surface area contributed by atoms with Crippen molar-refractivity contribution in [3.63, 3.8) is 0 Å². The molecule has 21 heavy (non-hydrogen) atoms. The number of thioether (sulfide) groups is 1. The highest BCUT2D eigenvalue weighted by Crippen LogP contribution is 2.42. The fourth-order valence-electron chi connectivity index (χ4n) is 2.26. The average molecular weight is 310 g/mol. The molecule has 0 bridgehead atoms. The van der Waals surface area contributed by atoms with Crippen LogP contribution in [0.3, 0.4) is 0 Å². The van der Waals surface area contributed by atoms with Crippen LogP contribution in [0.25, 0.3) is 0 Å². The highest BCUT2D eigenvalue weighted by atomic mass is 32.2. The summed E-state index contributed by atoms with van der Waals surface area (Å²) >= 11 is 1.61. The predicted molar refractivity (Wildman–Crippen MR) is 83.4 cm³/mol. The van der Waals surface area contributed by atoms with Gasteiger partial charge in [0.1, 0.15) is 0 Å². The number of fused-ring (bicyclic) bond motifs is 1. The zero-order valence-electron chi connectivity index (χ0n) is 12.8. The molecule has 1 N–H and O–H groups in total. The second kappa shape index (κ2) is 7.02. The van der Waals surface area contributed by atoms with Crippen LogP contribution >= 0.6 is 11.8 Å². The maximum Gasteiger partial charge on any atom is 0.336 e. The molecule has 2 rings (SSSR count). The Morgan fingerprint density at radius 1 is 1.48 bits per heavy atom. The number of likely N-dealkylation sites (N-methyl/N-ethyl adjacent to an activating group) is 1. The summed E-state index contributed by atoms with van der Waals surface area (Å²) in [5.74, 6) is 0.936. The minimum absolute atomic E-state index is 0.111. The number of esters is 1. The molecule has 0 spiro atoms. The van der Waals surface area contributed by atoms with Gasteiger partial charge in [-0.05, 0) is 12.3 Å². The molecule has 0 aromatic carbocycles. The van der Waals surface area contributed by atoms with E-state index in [-0.39, 0.29) is 11.9 Å². The maximum absolute atomic E-state index is 12.1. The van der Waals surface area contributed by atoms with Gasteiger partial charge in [-0.3, -0.25) is 4.79 Å². The van der Waals surface area contributed by atoms with Gasteiger partial charge in [0.05, 0.1) is 17.2 Å². The Morgan fingerprint density at radius 3 is 2.90 bits per heavy atom. The Hall–Kier alpha value is -1.43. The number of ether oxygens (including phenoxy) is 1. The van der Waals surface area contributed by atoms with E-state index < -0.39 is 0 Å². The van der Waals surface area contributed by atoms with Gasteiger partial charge < -0.3 is 15.0 Å². The molecule has 6 heteroatoms. The fourth-order valence-corrected chi connectivity index (χ4v) is 3.51. The Morgan fingerprint density at radius 2 is 2.24 bits per heavy atom. The number of amides is 1. The molecule has 1 fully saturated rings. The highest BCUT2D eigenvalue weighted by Gasteiger charge is 2.35. The lowest BCUT2D eigenvalue weighted by atomic mass is 10.1. The van der Waals surface area contributed by atoms with Crippen LogP contribution in [0.4, 0.5) is 0 Å². The van der Waals surface area contributed by atoms with Gasteiger partial charge in [-0.2, -0.15) is 0 Å². The molecule has 0 unspecified atom stereocenters. The van der Waals surface area contributed by atoms with Crippen molar-refractivity contribution in [2.24, 2.45) is 5.92 Å². The minimum Gasteiger partial charge on any atom is -0.462 e. The van der Waals surface area contributed by atoms with Gasteiger partial charge in [0.15, 0.2) is 0 Å². The second-order valence-corrected chi connectivity index (χ2v) is 6.51. The van der Waals surface area contributed by atoms with E-state index in [9.17, 15) is 9.59 Å². The summed E-state index contributed by atoms with van der Waals surface area (Å²) in [6.45, 7) is 5.43. The molecule has 0 aliphatic carbocycles. The van der Waals surface area contributed by atoms with E-state index in [0.29, 0.717) is 18.9 Å². The summed E-state index contributed by atoms with van der Waals surface area (Å²) in [4.78, 5) is 25.6. The van der Waals surface area contributed by atoms with Gasteiger partial charge in [-0.15, -0.1) is 11.8 Å². The maximum atomic E-state index is 12.1. The van der Waals surface area contributed by atoms with Crippen LogP contribution in [0, 0.1) is 5.92 Å². The summed E-state index contributed by atoms with van der Waals surface area (Å²) in [6.07, 6.45) is 3.17. The Kier molecular flexibility index (Phi) is 5.33. The third-order valence-corrected chi connectivity index (χ3v) is 4.69. The Bertz CT molecular complexity index is 497. The summed E-state index contributed by atoms with van der Waals surface area (Å²) in [5, 5.41) is 3.54. The van der Waals surface area contributed by atoms with E-state index in [2.05, 4.69) is 24.1 Å². The Labute approximate surface area is 129 Å². The third-order valence-electron chi connectivity index (χ3n) is 3.51. The molecule has 116 valence electrons. The van der Waals surface area contributed by atoms with Gasteiger partial charge >= 0.3 is 5.97 Å². The van der Waals surface area contributed by atoms with Crippen molar-refractivity contribution in [1.82, 2.24) is 10.2 Å². The average Bonchev–Trinajstić information content (AvgIpc) is 3.01. The molecule has 1 amide bonds. The summed E-state index contributed by atoms with van der Waals surface area (Å²) in [6, 6.07) is 0. The van der Waals surface area contributed by atoms with Crippen molar-refractivity contribution in [3.8, 4) is 0 Å². The summed E-state index contributed by atoms with van der Waals surface area (Å²) < 4.78 is 5.35. The van der Waals surface area contributed by atoms with Gasteiger partial charge in [-0.1, -0.05) is 13.8 Å². The lowest BCUT2D eigenvalue weighted by Crippen LogP contribution is -2.19. The molecule has 0 aromatic rings. The molecule has 0 aromatic heterocycles. The van der Waals surface area contributed by atoms with Crippen LogP contribution in [-0.4, -0.2) is 42.7 Å². The smallest absolute Gasteiger partial charge is 0.336 e. The van der Waals surface area contributed by atoms with Crippen molar-refractivity contribution in [2.75, 3.05) is 26.0 Å². The lowest BCUT2D eigenvalue weighted by molar-refractivity contribution is -0.139. The monoisotopic (exact) mass is 310 g/mol. The number of carbonyl (C=O) groups excluding carboxylic acids is 2. The van der Waals surface area contributed by atoms with E-state index >= 15 is 0 Å². The normalized spacial score (nSPS) is 19.4. The molecule has 0 atom stereocenters. The largest absolute Gasteiger partial charge is 0.462 e. The van der Waals surface area contributed by atoms with Gasteiger partial charge in [0.2, 0.25) is 5.91 Å². The van der Waals surface area contributed by atoms with Crippen LogP contribution in [0.2, 0.25) is 0 Å². The van der Waals surface area contributed by atoms with Crippen molar-refractivity contribution in [3.05, 3.63) is 22.4 Å². The fraction of sp³-hybridized carbons (Fsp3) is 0.600. The molecular weight excluding hydrogens is 288 g/mol. The number of hydrogen-bond acceptors (Lipinski definition) is 5. The van der Waals surface area contributed by atoms with E-state index in [1.165, 1.54) is 0 Å². The Balaban J connectivity index is 2.01. The van der Waals surface area contributed by atoms with Crippen molar-refractivity contribution < 1.29 is 14.3 Å². The third kappa shape index (κ3) is 3.81.